The molecular formula is C9H15NO2+. The van der Waals surface area contributed by atoms with E-state index in [0.29, 0.717) is 18.3 Å². The summed E-state index contributed by atoms with van der Waals surface area (Å²) in [5, 5.41) is 8.68. The van der Waals surface area contributed by atoms with Crippen LogP contribution in [0.25, 0.3) is 0 Å². The highest BCUT2D eigenvalue weighted by molar-refractivity contribution is 5.67. The molecule has 0 unspecified atom stereocenters. The molecule has 0 spiro atoms. The maximum Gasteiger partial charge on any atom is 0.303 e. The summed E-state index contributed by atoms with van der Waals surface area (Å²) < 4.78 is 0. The predicted molar refractivity (Wildman–Crippen MR) is 45.2 cm³/mol. The molecular weight excluding hydrogens is 154 g/mol. The number of piperidine rings is 3. The Kier molecular flexibility index (Phi) is 2.05. The molecule has 3 aliphatic heterocycles. The van der Waals surface area contributed by atoms with Crippen molar-refractivity contribution in [3.63, 3.8) is 0 Å². The average Bonchev–Trinajstić information content (AvgIpc) is 2.05. The molecule has 0 saturated carbocycles. The second-order valence-corrected chi connectivity index (χ2v) is 4.00. The fraction of sp³-hybridized carbons (Fsp3) is 0.889. The molecule has 12 heavy (non-hydrogen) atoms. The lowest BCUT2D eigenvalue weighted by atomic mass is 9.77. The highest BCUT2D eigenvalue weighted by Crippen LogP contribution is 2.32. The Bertz CT molecular complexity index is 185. The van der Waals surface area contributed by atoms with Crippen molar-refractivity contribution in [1.29, 1.82) is 0 Å². The number of aliphatic carboxylic acids is 1. The molecule has 67 valence electrons. The molecule has 0 amide bonds. The van der Waals surface area contributed by atoms with Crippen molar-refractivity contribution in [3.05, 3.63) is 0 Å². The van der Waals surface area contributed by atoms with Gasteiger partial charge in [-0.25, -0.2) is 0 Å². The van der Waals surface area contributed by atoms with Crippen molar-refractivity contribution >= 4 is 5.97 Å². The first-order chi connectivity index (χ1) is 5.75. The second kappa shape index (κ2) is 3.05. The molecule has 1 N–H and O–H groups in total. The number of fused-ring (bicyclic) bond motifs is 3. The molecule has 3 aliphatic rings. The molecule has 0 aromatic carbocycles. The Morgan fingerprint density at radius 2 is 2.08 bits per heavy atom. The van der Waals surface area contributed by atoms with Gasteiger partial charge in [0.15, 0.2) is 0 Å². The Labute approximate surface area is 72.4 Å². The minimum Gasteiger partial charge on any atom is -0.481 e. The number of rotatable bonds is 2. The van der Waals surface area contributed by atoms with Gasteiger partial charge in [0.1, 0.15) is 19.6 Å². The smallest absolute Gasteiger partial charge is 0.303 e. The summed E-state index contributed by atoms with van der Waals surface area (Å²) in [6, 6.07) is 0. The van der Waals surface area contributed by atoms with E-state index in [1.54, 1.807) is 0 Å². The average molecular weight is 169 g/mol. The summed E-state index contributed by atoms with van der Waals surface area (Å²) in [5.74, 6) is 0.504. The predicted octanol–water partition coefficient (Wildman–Crippen LogP) is 0.641. The third-order valence-electron chi connectivity index (χ3n) is 3.23. The van der Waals surface area contributed by atoms with Crippen LogP contribution in [0.4, 0.5) is 0 Å². The van der Waals surface area contributed by atoms with Crippen LogP contribution in [0.15, 0.2) is 0 Å². The van der Waals surface area contributed by atoms with Crippen LogP contribution in [0.1, 0.15) is 19.3 Å². The Morgan fingerprint density at radius 1 is 1.42 bits per heavy atom. The highest BCUT2D eigenvalue weighted by Gasteiger charge is 2.41. The Hall–Kier alpha value is -0.570. The summed E-state index contributed by atoms with van der Waals surface area (Å²) in [6.07, 6.45) is 2.82. The van der Waals surface area contributed by atoms with E-state index in [9.17, 15) is 4.79 Å². The molecule has 3 fully saturated rings. The van der Waals surface area contributed by atoms with Crippen LogP contribution in [-0.4, -0.2) is 30.7 Å². The monoisotopic (exact) mass is 169 g/mol. The molecule has 2 bridgehead atoms. The van der Waals surface area contributed by atoms with Crippen molar-refractivity contribution in [2.24, 2.45) is 11.8 Å². The molecule has 3 nitrogen and oxygen atoms in total. The number of hydrogen-bond acceptors (Lipinski definition) is 2. The van der Waals surface area contributed by atoms with Crippen LogP contribution in [0, 0.1) is 11.8 Å². The third kappa shape index (κ3) is 1.46. The van der Waals surface area contributed by atoms with Gasteiger partial charge in [-0.2, -0.15) is 4.90 Å². The zero-order valence-electron chi connectivity index (χ0n) is 7.20. The SMILES string of the molecule is O=C(O)C[C@@H]1C[N+]2CCC1CC2. The lowest BCUT2D eigenvalue weighted by molar-refractivity contribution is -0.139. The molecule has 3 rings (SSSR count). The summed E-state index contributed by atoms with van der Waals surface area (Å²) in [7, 11) is 0. The number of carboxylic acid groups (broad SMARTS) is 1. The molecule has 1 radical (unpaired) electrons. The largest absolute Gasteiger partial charge is 0.481 e. The summed E-state index contributed by atoms with van der Waals surface area (Å²) >= 11 is 0. The third-order valence-corrected chi connectivity index (χ3v) is 3.23. The van der Waals surface area contributed by atoms with Gasteiger partial charge >= 0.3 is 5.97 Å². The van der Waals surface area contributed by atoms with Crippen LogP contribution in [0.2, 0.25) is 0 Å². The Balaban J connectivity index is 1.95. The molecule has 3 saturated heterocycles. The van der Waals surface area contributed by atoms with Crippen LogP contribution < -0.4 is 4.90 Å². The van der Waals surface area contributed by atoms with E-state index >= 15 is 0 Å². The van der Waals surface area contributed by atoms with E-state index in [0.717, 1.165) is 6.54 Å². The van der Waals surface area contributed by atoms with E-state index in [4.69, 9.17) is 5.11 Å². The van der Waals surface area contributed by atoms with Crippen molar-refractivity contribution in [2.75, 3.05) is 19.6 Å². The summed E-state index contributed by atoms with van der Waals surface area (Å²) in [5.41, 5.74) is 0. The van der Waals surface area contributed by atoms with Gasteiger partial charge in [0.25, 0.3) is 0 Å². The van der Waals surface area contributed by atoms with Crippen molar-refractivity contribution < 1.29 is 9.90 Å². The van der Waals surface area contributed by atoms with Crippen molar-refractivity contribution in [2.45, 2.75) is 19.3 Å². The van der Waals surface area contributed by atoms with Gasteiger partial charge in [-0.15, -0.1) is 0 Å². The molecule has 0 aromatic heterocycles. The second-order valence-electron chi connectivity index (χ2n) is 4.00. The minimum atomic E-state index is -0.631. The van der Waals surface area contributed by atoms with Gasteiger partial charge in [-0.1, -0.05) is 0 Å². The quantitative estimate of drug-likeness (QED) is 0.616. The molecule has 3 heterocycles. The topological polar surface area (TPSA) is 43.2 Å². The van der Waals surface area contributed by atoms with Gasteiger partial charge in [-0.3, -0.25) is 4.79 Å². The minimum absolute atomic E-state index is 0.376. The number of carbonyl (C=O) groups is 1. The van der Waals surface area contributed by atoms with E-state index in [1.807, 2.05) is 0 Å². The Morgan fingerprint density at radius 3 is 2.50 bits per heavy atom. The van der Waals surface area contributed by atoms with E-state index in [2.05, 4.69) is 4.90 Å². The first-order valence-electron chi connectivity index (χ1n) is 4.70. The summed E-state index contributed by atoms with van der Waals surface area (Å²) in [4.78, 5) is 12.9. The van der Waals surface area contributed by atoms with E-state index < -0.39 is 5.97 Å². The maximum absolute atomic E-state index is 10.5. The molecule has 3 heteroatoms. The van der Waals surface area contributed by atoms with Crippen LogP contribution in [-0.2, 0) is 4.79 Å². The summed E-state index contributed by atoms with van der Waals surface area (Å²) in [6.45, 7) is 3.42. The lowest BCUT2D eigenvalue weighted by Gasteiger charge is -2.37. The van der Waals surface area contributed by atoms with Crippen LogP contribution >= 0.6 is 0 Å². The number of nitrogens with zero attached hydrogens (tertiary/aromatic N) is 1. The van der Waals surface area contributed by atoms with Gasteiger partial charge in [-0.05, 0) is 5.92 Å². The van der Waals surface area contributed by atoms with Gasteiger partial charge < -0.3 is 5.11 Å². The highest BCUT2D eigenvalue weighted by atomic mass is 16.4. The van der Waals surface area contributed by atoms with Gasteiger partial charge in [0, 0.05) is 18.8 Å². The fourth-order valence-electron chi connectivity index (χ4n) is 2.54. The molecule has 1 atom stereocenters. The maximum atomic E-state index is 10.5. The molecule has 0 aliphatic carbocycles. The van der Waals surface area contributed by atoms with Gasteiger partial charge in [0.05, 0.1) is 6.42 Å². The van der Waals surface area contributed by atoms with Crippen LogP contribution in [0.3, 0.4) is 0 Å². The van der Waals surface area contributed by atoms with E-state index in [-0.39, 0.29) is 0 Å². The fourth-order valence-corrected chi connectivity index (χ4v) is 2.54. The lowest BCUT2D eigenvalue weighted by Crippen LogP contribution is -2.51. The van der Waals surface area contributed by atoms with Gasteiger partial charge in [0.2, 0.25) is 0 Å². The number of carboxylic acids is 1. The van der Waals surface area contributed by atoms with Crippen molar-refractivity contribution in [1.82, 2.24) is 4.90 Å². The number of hydrogen-bond donors (Lipinski definition) is 1. The first kappa shape index (κ1) is 8.05. The van der Waals surface area contributed by atoms with Crippen molar-refractivity contribution in [3.8, 4) is 0 Å². The van der Waals surface area contributed by atoms with E-state index in [1.165, 1.54) is 25.9 Å². The first-order valence-corrected chi connectivity index (χ1v) is 4.70. The zero-order valence-corrected chi connectivity index (χ0v) is 7.20. The standard InChI is InChI=1S/C9H15NO2/c11-9(12)5-8-6-10-3-1-7(8)2-4-10/h7-8H,1-6H2,(H,11,12)/q+1/t8-/m1/s1. The normalized spacial score (nSPS) is 39.8. The van der Waals surface area contributed by atoms with Crippen LogP contribution in [0.5, 0.6) is 0 Å². The molecule has 0 aromatic rings. The zero-order chi connectivity index (χ0) is 8.55.